The lowest BCUT2D eigenvalue weighted by molar-refractivity contribution is -0.120. The van der Waals surface area contributed by atoms with E-state index in [0.717, 1.165) is 32.0 Å². The van der Waals surface area contributed by atoms with Gasteiger partial charge in [-0.15, -0.1) is 0 Å². The highest BCUT2D eigenvalue weighted by molar-refractivity contribution is 5.76. The second kappa shape index (κ2) is 5.53. The largest absolute Gasteiger partial charge is 0.369 e. The van der Waals surface area contributed by atoms with E-state index in [1.807, 2.05) is 0 Å². The Hall–Kier alpha value is -1.53. The van der Waals surface area contributed by atoms with Crippen molar-refractivity contribution in [3.05, 3.63) is 35.4 Å². The number of primary amides is 1. The summed E-state index contributed by atoms with van der Waals surface area (Å²) in [6, 6.07) is 4.77. The van der Waals surface area contributed by atoms with Gasteiger partial charge in [-0.2, -0.15) is 0 Å². The summed E-state index contributed by atoms with van der Waals surface area (Å²) in [5, 5.41) is 0. The third-order valence-corrected chi connectivity index (χ3v) is 5.83. The lowest BCUT2D eigenvalue weighted by Gasteiger charge is -2.51. The molecule has 1 amide bonds. The van der Waals surface area contributed by atoms with Crippen LogP contribution in [0.4, 0.5) is 8.78 Å². The van der Waals surface area contributed by atoms with Gasteiger partial charge in [0.25, 0.3) is 0 Å². The van der Waals surface area contributed by atoms with E-state index in [2.05, 4.69) is 9.80 Å². The predicted molar refractivity (Wildman–Crippen MR) is 81.7 cm³/mol. The van der Waals surface area contributed by atoms with Crippen molar-refractivity contribution in [1.29, 1.82) is 0 Å². The minimum Gasteiger partial charge on any atom is -0.369 e. The number of piperidine rings is 3. The molecule has 2 bridgehead atoms. The first kappa shape index (κ1) is 15.0. The third kappa shape index (κ3) is 2.35. The van der Waals surface area contributed by atoms with Crippen LogP contribution in [0.25, 0.3) is 0 Å². The maximum atomic E-state index is 14.3. The molecule has 4 saturated heterocycles. The molecule has 2 N–H and O–H groups in total. The fourth-order valence-corrected chi connectivity index (χ4v) is 5.00. The lowest BCUT2D eigenvalue weighted by atomic mass is 9.75. The molecule has 6 heteroatoms. The molecule has 4 fully saturated rings. The molecule has 0 saturated carbocycles. The topological polar surface area (TPSA) is 49.6 Å². The number of carbonyl (C=O) groups excluding carboxylic acids is 1. The standard InChI is InChI=1S/C17H21F2N3O/c18-13-3-1-2-11(15(13)19)12-8-22(9-14(20)23)16-10-4-6-21(7-5-10)17(12)16/h1-3,10,12,16-17H,4-9H2,(H2,20,23)/t12-,16+,17+/m0/s1. The van der Waals surface area contributed by atoms with Crippen LogP contribution < -0.4 is 5.73 Å². The second-order valence-corrected chi connectivity index (χ2v) is 7.00. The summed E-state index contributed by atoms with van der Waals surface area (Å²) in [6.45, 7) is 2.76. The first-order valence-corrected chi connectivity index (χ1v) is 8.26. The zero-order chi connectivity index (χ0) is 16.1. The van der Waals surface area contributed by atoms with E-state index in [9.17, 15) is 13.6 Å². The number of halogens is 2. The van der Waals surface area contributed by atoms with Gasteiger partial charge in [-0.3, -0.25) is 14.6 Å². The number of hydrogen-bond acceptors (Lipinski definition) is 3. The Balaban J connectivity index is 1.72. The second-order valence-electron chi connectivity index (χ2n) is 7.00. The van der Waals surface area contributed by atoms with Gasteiger partial charge in [0, 0.05) is 24.5 Å². The van der Waals surface area contributed by atoms with E-state index >= 15 is 0 Å². The van der Waals surface area contributed by atoms with Crippen LogP contribution in [0.3, 0.4) is 0 Å². The first-order chi connectivity index (χ1) is 11.1. The molecule has 4 nitrogen and oxygen atoms in total. The van der Waals surface area contributed by atoms with E-state index in [1.54, 1.807) is 12.1 Å². The molecule has 5 rings (SSSR count). The molecule has 3 atom stereocenters. The van der Waals surface area contributed by atoms with Crippen molar-refractivity contribution in [2.75, 3.05) is 26.2 Å². The molecule has 0 aromatic heterocycles. The minimum atomic E-state index is -0.802. The highest BCUT2D eigenvalue weighted by atomic mass is 19.2. The van der Waals surface area contributed by atoms with Gasteiger partial charge >= 0.3 is 0 Å². The summed E-state index contributed by atoms with van der Waals surface area (Å²) in [4.78, 5) is 15.9. The smallest absolute Gasteiger partial charge is 0.231 e. The van der Waals surface area contributed by atoms with Crippen LogP contribution in [-0.4, -0.2) is 54.0 Å². The number of hydrogen-bond donors (Lipinski definition) is 1. The Bertz CT molecular complexity index is 630. The summed E-state index contributed by atoms with van der Waals surface area (Å²) in [5.74, 6) is -1.51. The van der Waals surface area contributed by atoms with Gasteiger partial charge in [0.2, 0.25) is 5.91 Å². The molecule has 1 aromatic rings. The number of fused-ring (bicyclic) bond motifs is 2. The van der Waals surface area contributed by atoms with Crippen LogP contribution in [0.1, 0.15) is 24.3 Å². The molecule has 1 aromatic carbocycles. The van der Waals surface area contributed by atoms with Crippen LogP contribution in [0.2, 0.25) is 0 Å². The highest BCUT2D eigenvalue weighted by Gasteiger charge is 2.53. The van der Waals surface area contributed by atoms with Crippen LogP contribution in [0, 0.1) is 17.6 Å². The highest BCUT2D eigenvalue weighted by Crippen LogP contribution is 2.46. The molecule has 0 aliphatic carbocycles. The summed E-state index contributed by atoms with van der Waals surface area (Å²) in [5.41, 5.74) is 5.83. The molecule has 124 valence electrons. The number of rotatable bonds is 3. The van der Waals surface area contributed by atoms with Crippen molar-refractivity contribution in [2.24, 2.45) is 11.7 Å². The first-order valence-electron chi connectivity index (χ1n) is 8.26. The Morgan fingerprint density at radius 2 is 1.96 bits per heavy atom. The number of likely N-dealkylation sites (tertiary alicyclic amines) is 1. The molecule has 23 heavy (non-hydrogen) atoms. The van der Waals surface area contributed by atoms with E-state index in [1.165, 1.54) is 0 Å². The SMILES string of the molecule is NC(=O)CN1C[C@@H](c2cccc(F)c2F)[C@@H]2[C@H]1C1CCN2CC1. The zero-order valence-electron chi connectivity index (χ0n) is 12.9. The molecule has 0 spiro atoms. The van der Waals surface area contributed by atoms with Crippen molar-refractivity contribution >= 4 is 5.91 Å². The van der Waals surface area contributed by atoms with E-state index in [4.69, 9.17) is 5.73 Å². The van der Waals surface area contributed by atoms with Crippen LogP contribution in [0.15, 0.2) is 18.2 Å². The van der Waals surface area contributed by atoms with Crippen molar-refractivity contribution in [1.82, 2.24) is 9.80 Å². The van der Waals surface area contributed by atoms with Crippen molar-refractivity contribution < 1.29 is 13.6 Å². The van der Waals surface area contributed by atoms with Crippen LogP contribution >= 0.6 is 0 Å². The number of amides is 1. The van der Waals surface area contributed by atoms with Gasteiger partial charge in [-0.05, 0) is 43.5 Å². The Kier molecular flexibility index (Phi) is 3.61. The molecule has 0 radical (unpaired) electrons. The van der Waals surface area contributed by atoms with Gasteiger partial charge in [-0.1, -0.05) is 12.1 Å². The van der Waals surface area contributed by atoms with Gasteiger partial charge in [0.05, 0.1) is 6.54 Å². The zero-order valence-corrected chi connectivity index (χ0v) is 12.9. The van der Waals surface area contributed by atoms with Crippen LogP contribution in [0.5, 0.6) is 0 Å². The van der Waals surface area contributed by atoms with Crippen molar-refractivity contribution in [3.8, 4) is 0 Å². The predicted octanol–water partition coefficient (Wildman–Crippen LogP) is 1.31. The van der Waals surface area contributed by atoms with Crippen LogP contribution in [-0.2, 0) is 4.79 Å². The van der Waals surface area contributed by atoms with Crippen molar-refractivity contribution in [3.63, 3.8) is 0 Å². The molecule has 0 unspecified atom stereocenters. The summed E-state index contributed by atoms with van der Waals surface area (Å²) >= 11 is 0. The summed E-state index contributed by atoms with van der Waals surface area (Å²) < 4.78 is 28.0. The minimum absolute atomic E-state index is 0.113. The maximum absolute atomic E-state index is 14.3. The fraction of sp³-hybridized carbons (Fsp3) is 0.588. The number of carbonyl (C=O) groups is 1. The Morgan fingerprint density at radius 3 is 2.65 bits per heavy atom. The van der Waals surface area contributed by atoms with Gasteiger partial charge in [0.15, 0.2) is 11.6 Å². The van der Waals surface area contributed by atoms with Gasteiger partial charge < -0.3 is 5.73 Å². The number of benzene rings is 1. The average molecular weight is 321 g/mol. The van der Waals surface area contributed by atoms with E-state index < -0.39 is 11.6 Å². The Morgan fingerprint density at radius 1 is 1.22 bits per heavy atom. The molecular formula is C17H21F2N3O. The Labute approximate surface area is 134 Å². The molecular weight excluding hydrogens is 300 g/mol. The molecule has 4 heterocycles. The molecule has 4 aliphatic heterocycles. The maximum Gasteiger partial charge on any atom is 0.231 e. The quantitative estimate of drug-likeness (QED) is 0.913. The normalized spacial score (nSPS) is 36.2. The van der Waals surface area contributed by atoms with Gasteiger partial charge in [0.1, 0.15) is 0 Å². The average Bonchev–Trinajstić information content (AvgIpc) is 2.92. The number of nitrogens with zero attached hydrogens (tertiary/aromatic N) is 2. The van der Waals surface area contributed by atoms with Crippen molar-refractivity contribution in [2.45, 2.75) is 30.8 Å². The van der Waals surface area contributed by atoms with E-state index in [0.29, 0.717) is 18.0 Å². The monoisotopic (exact) mass is 321 g/mol. The summed E-state index contributed by atoms with van der Waals surface area (Å²) in [6.07, 6.45) is 2.21. The fourth-order valence-electron chi connectivity index (χ4n) is 5.00. The van der Waals surface area contributed by atoms with Gasteiger partial charge in [-0.25, -0.2) is 8.78 Å². The lowest BCUT2D eigenvalue weighted by Crippen LogP contribution is -2.60. The summed E-state index contributed by atoms with van der Waals surface area (Å²) in [7, 11) is 0. The molecule has 4 aliphatic rings. The number of nitrogens with two attached hydrogens (primary N) is 1. The van der Waals surface area contributed by atoms with E-state index in [-0.39, 0.29) is 30.5 Å². The third-order valence-electron chi connectivity index (χ3n) is 5.83.